The summed E-state index contributed by atoms with van der Waals surface area (Å²) in [5.41, 5.74) is 3.44. The van der Waals surface area contributed by atoms with Gasteiger partial charge in [0.25, 0.3) is 11.8 Å². The first kappa shape index (κ1) is 31.3. The summed E-state index contributed by atoms with van der Waals surface area (Å²) in [5, 5.41) is 11.5. The van der Waals surface area contributed by atoms with E-state index in [1.54, 1.807) is 30.3 Å². The number of nitrogens with one attached hydrogen (secondary N) is 2. The van der Waals surface area contributed by atoms with E-state index in [0.29, 0.717) is 29.2 Å². The molecule has 0 bridgehead atoms. The van der Waals surface area contributed by atoms with E-state index < -0.39 is 29.9 Å². The number of ether oxygens (including phenoxy) is 2. The Hall–Kier alpha value is -4.28. The van der Waals surface area contributed by atoms with Crippen molar-refractivity contribution in [1.29, 1.82) is 0 Å². The monoisotopic (exact) mass is 569 g/mol. The number of hydroxylamine groups is 1. The minimum Gasteiger partial charge on any atom is -0.493 e. The zero-order valence-electron chi connectivity index (χ0n) is 24.2. The van der Waals surface area contributed by atoms with Crippen molar-refractivity contribution >= 4 is 29.6 Å². The van der Waals surface area contributed by atoms with E-state index in [-0.39, 0.29) is 36.1 Å². The summed E-state index contributed by atoms with van der Waals surface area (Å²) in [6.07, 6.45) is 3.07. The summed E-state index contributed by atoms with van der Waals surface area (Å²) in [6, 6.07) is 9.18. The molecule has 3 amide bonds. The molecular formula is C30H39N3O8. The van der Waals surface area contributed by atoms with E-state index in [1.165, 1.54) is 37.3 Å². The Morgan fingerprint density at radius 2 is 1.78 bits per heavy atom. The van der Waals surface area contributed by atoms with Crippen LogP contribution >= 0.6 is 0 Å². The summed E-state index contributed by atoms with van der Waals surface area (Å²) in [4.78, 5) is 56.3. The lowest BCUT2D eigenvalue weighted by Crippen LogP contribution is -2.35. The number of fused-ring (bicyclic) bond motifs is 1. The number of benzene rings is 2. The third-order valence-electron chi connectivity index (χ3n) is 6.14. The zero-order valence-corrected chi connectivity index (χ0v) is 24.2. The molecule has 1 aliphatic carbocycles. The Bertz CT molecular complexity index is 1270. The first-order chi connectivity index (χ1) is 19.4. The molecule has 11 heteroatoms. The fraction of sp³-hybridized carbons (Fsp3) is 0.467. The maximum atomic E-state index is 13.6. The van der Waals surface area contributed by atoms with E-state index in [0.717, 1.165) is 0 Å². The molecular weight excluding hydrogens is 530 g/mol. The van der Waals surface area contributed by atoms with Gasteiger partial charge in [-0.25, -0.2) is 9.59 Å². The van der Waals surface area contributed by atoms with Crippen molar-refractivity contribution in [1.82, 2.24) is 10.4 Å². The Balaban J connectivity index is 0.00000144. The Morgan fingerprint density at radius 3 is 2.37 bits per heavy atom. The molecule has 0 saturated heterocycles. The van der Waals surface area contributed by atoms with Crippen LogP contribution in [0.15, 0.2) is 36.4 Å². The molecule has 1 fully saturated rings. The fourth-order valence-corrected chi connectivity index (χ4v) is 4.23. The van der Waals surface area contributed by atoms with Crippen LogP contribution in [0.3, 0.4) is 0 Å². The van der Waals surface area contributed by atoms with Gasteiger partial charge in [0.1, 0.15) is 0 Å². The van der Waals surface area contributed by atoms with Crippen LogP contribution in [0, 0.1) is 5.41 Å². The van der Waals surface area contributed by atoms with Crippen LogP contribution in [0.5, 0.6) is 11.5 Å². The van der Waals surface area contributed by atoms with Crippen LogP contribution in [0.1, 0.15) is 87.3 Å². The van der Waals surface area contributed by atoms with Crippen molar-refractivity contribution in [2.75, 3.05) is 19.0 Å². The summed E-state index contributed by atoms with van der Waals surface area (Å²) < 4.78 is 11.1. The number of amides is 3. The smallest absolute Gasteiger partial charge is 0.409 e. The molecule has 4 rings (SSSR count). The predicted octanol–water partition coefficient (Wildman–Crippen LogP) is 5.45. The normalized spacial score (nSPS) is 14.2. The molecule has 2 aliphatic rings. The summed E-state index contributed by atoms with van der Waals surface area (Å²) >= 11 is 0. The number of methoxy groups -OCH3 is 1. The highest BCUT2D eigenvalue weighted by Crippen LogP contribution is 2.39. The number of nitrogens with zero attached hydrogens (tertiary/aromatic N) is 1. The van der Waals surface area contributed by atoms with Gasteiger partial charge < -0.3 is 24.3 Å². The van der Waals surface area contributed by atoms with E-state index in [4.69, 9.17) is 14.3 Å². The Kier molecular flexibility index (Phi) is 10.6. The highest BCUT2D eigenvalue weighted by Gasteiger charge is 2.37. The number of carbonyl (C=O) groups excluding carboxylic acids is 3. The topological polar surface area (TPSA) is 144 Å². The molecule has 1 atom stereocenters. The van der Waals surface area contributed by atoms with Gasteiger partial charge in [-0.3, -0.25) is 14.9 Å². The second-order valence-corrected chi connectivity index (χ2v) is 11.1. The lowest BCUT2D eigenvalue weighted by Gasteiger charge is -2.28. The Labute approximate surface area is 240 Å². The third-order valence-corrected chi connectivity index (χ3v) is 6.14. The fourth-order valence-electron chi connectivity index (χ4n) is 4.23. The molecule has 11 nitrogen and oxygen atoms in total. The maximum absolute atomic E-state index is 13.6. The SMILES string of the molecule is C1CC1.CCOc1cc([C@@H](CC(=O)NOC(=O)CC(C)(C)C)N2Cc3cccc(NC(=O)O)c3C2=O)ccc1OC. The minimum atomic E-state index is -1.30. The van der Waals surface area contributed by atoms with Gasteiger partial charge in [0.15, 0.2) is 11.5 Å². The number of hydrogen-bond donors (Lipinski definition) is 3. The van der Waals surface area contributed by atoms with E-state index >= 15 is 0 Å². The van der Waals surface area contributed by atoms with Crippen LogP contribution in [-0.4, -0.2) is 47.6 Å². The molecule has 222 valence electrons. The van der Waals surface area contributed by atoms with Gasteiger partial charge in [-0.1, -0.05) is 58.2 Å². The van der Waals surface area contributed by atoms with Crippen molar-refractivity contribution in [2.24, 2.45) is 5.41 Å². The van der Waals surface area contributed by atoms with Gasteiger partial charge >= 0.3 is 12.1 Å². The molecule has 41 heavy (non-hydrogen) atoms. The van der Waals surface area contributed by atoms with Gasteiger partial charge in [-0.05, 0) is 41.7 Å². The van der Waals surface area contributed by atoms with Gasteiger partial charge in [0.05, 0.1) is 43.9 Å². The lowest BCUT2D eigenvalue weighted by atomic mass is 9.93. The van der Waals surface area contributed by atoms with Crippen LogP contribution in [0.4, 0.5) is 10.5 Å². The molecule has 0 aromatic heterocycles. The number of anilines is 1. The summed E-state index contributed by atoms with van der Waals surface area (Å²) in [7, 11) is 1.51. The van der Waals surface area contributed by atoms with Gasteiger partial charge in [0, 0.05) is 6.54 Å². The van der Waals surface area contributed by atoms with Crippen molar-refractivity contribution in [2.45, 2.75) is 72.4 Å². The number of rotatable bonds is 9. The van der Waals surface area contributed by atoms with E-state index in [9.17, 15) is 24.3 Å². The first-order valence-corrected chi connectivity index (χ1v) is 13.7. The minimum absolute atomic E-state index is 0.103. The molecule has 1 saturated carbocycles. The number of carbonyl (C=O) groups is 4. The third kappa shape index (κ3) is 9.12. The lowest BCUT2D eigenvalue weighted by molar-refractivity contribution is -0.160. The van der Waals surface area contributed by atoms with Crippen LogP contribution in [-0.2, 0) is 21.0 Å². The average Bonchev–Trinajstić information content (AvgIpc) is 3.74. The van der Waals surface area contributed by atoms with Gasteiger partial charge in [-0.2, -0.15) is 5.48 Å². The summed E-state index contributed by atoms with van der Waals surface area (Å²) in [6.45, 7) is 7.94. The molecule has 0 unspecified atom stereocenters. The molecule has 2 aromatic carbocycles. The molecule has 2 aromatic rings. The van der Waals surface area contributed by atoms with E-state index in [2.05, 4.69) is 10.8 Å². The Morgan fingerprint density at radius 1 is 1.07 bits per heavy atom. The van der Waals surface area contributed by atoms with Crippen LogP contribution in [0.2, 0.25) is 0 Å². The second kappa shape index (κ2) is 13.9. The summed E-state index contributed by atoms with van der Waals surface area (Å²) in [5.74, 6) is -0.718. The van der Waals surface area contributed by atoms with Crippen molar-refractivity contribution in [3.63, 3.8) is 0 Å². The van der Waals surface area contributed by atoms with Gasteiger partial charge in [-0.15, -0.1) is 0 Å². The predicted molar refractivity (Wildman–Crippen MR) is 152 cm³/mol. The molecule has 1 heterocycles. The number of hydrogen-bond acceptors (Lipinski definition) is 7. The average molecular weight is 570 g/mol. The van der Waals surface area contributed by atoms with Crippen molar-refractivity contribution in [3.8, 4) is 11.5 Å². The largest absolute Gasteiger partial charge is 0.493 e. The second-order valence-electron chi connectivity index (χ2n) is 11.1. The van der Waals surface area contributed by atoms with Crippen molar-refractivity contribution in [3.05, 3.63) is 53.1 Å². The zero-order chi connectivity index (χ0) is 30.2. The van der Waals surface area contributed by atoms with E-state index in [1.807, 2.05) is 27.7 Å². The van der Waals surface area contributed by atoms with Crippen LogP contribution in [0.25, 0.3) is 0 Å². The molecule has 1 aliphatic heterocycles. The molecule has 3 N–H and O–H groups in total. The highest BCUT2D eigenvalue weighted by molar-refractivity contribution is 6.06. The quantitative estimate of drug-likeness (QED) is 0.338. The van der Waals surface area contributed by atoms with Crippen molar-refractivity contribution < 1.29 is 38.6 Å². The van der Waals surface area contributed by atoms with Crippen LogP contribution < -0.4 is 20.3 Å². The van der Waals surface area contributed by atoms with Gasteiger partial charge in [0.2, 0.25) is 0 Å². The molecule has 0 spiro atoms. The number of carboxylic acid groups (broad SMARTS) is 1. The maximum Gasteiger partial charge on any atom is 0.409 e. The highest BCUT2D eigenvalue weighted by atomic mass is 16.7. The first-order valence-electron chi connectivity index (χ1n) is 13.7. The standard InChI is InChI=1S/C27H33N3O8.C3H6/c1-6-37-21-12-16(10-11-20(21)36-5)19(13-22(31)29-38-23(32)14-27(2,3)4)30-15-17-8-7-9-18(28-26(34)35)24(17)25(30)33;1-2-3-1/h7-12,19,28H,6,13-15H2,1-5H3,(H,29,31)(H,34,35);1-3H2/t19-;/m1./s1. The molecule has 0 radical (unpaired) electrons.